The molecule has 2 heterocycles. The lowest BCUT2D eigenvalue weighted by Crippen LogP contribution is -2.46. The molecule has 0 saturated carbocycles. The first kappa shape index (κ1) is 20.9. The molecule has 0 radical (unpaired) electrons. The summed E-state index contributed by atoms with van der Waals surface area (Å²) in [4.78, 5) is 19.7. The summed E-state index contributed by atoms with van der Waals surface area (Å²) in [6, 6.07) is 8.09. The summed E-state index contributed by atoms with van der Waals surface area (Å²) in [5.74, 6) is 0.533. The van der Waals surface area contributed by atoms with E-state index in [4.69, 9.17) is 0 Å². The number of rotatable bonds is 5. The van der Waals surface area contributed by atoms with E-state index < -0.39 is 0 Å². The summed E-state index contributed by atoms with van der Waals surface area (Å²) in [6.45, 7) is 17.3. The van der Waals surface area contributed by atoms with E-state index in [1.807, 2.05) is 12.1 Å². The van der Waals surface area contributed by atoms with Crippen LogP contribution >= 0.6 is 0 Å². The fraction of sp³-hybridized carbons (Fsp3) is 0.682. The Morgan fingerprint density at radius 3 is 2.54 bits per heavy atom. The summed E-state index contributed by atoms with van der Waals surface area (Å²) in [5, 5.41) is 6.07. The highest BCUT2D eigenvalue weighted by Crippen LogP contribution is 2.24. The second kappa shape index (κ2) is 9.14. The van der Waals surface area contributed by atoms with Crippen LogP contribution < -0.4 is 15.5 Å². The lowest BCUT2D eigenvalue weighted by molar-refractivity contribution is 0.168. The molecular weight excluding hydrogens is 350 g/mol. The Morgan fingerprint density at radius 1 is 1.14 bits per heavy atom. The topological polar surface area (TPSA) is 50.9 Å². The van der Waals surface area contributed by atoms with Gasteiger partial charge in [-0.25, -0.2) is 4.79 Å². The molecule has 2 amide bonds. The van der Waals surface area contributed by atoms with Gasteiger partial charge in [-0.15, -0.1) is 0 Å². The van der Waals surface area contributed by atoms with E-state index in [-0.39, 0.29) is 11.6 Å². The van der Waals surface area contributed by atoms with Crippen molar-refractivity contribution in [3.63, 3.8) is 0 Å². The Labute approximate surface area is 170 Å². The van der Waals surface area contributed by atoms with Crippen LogP contribution in [-0.2, 0) is 0 Å². The normalized spacial score (nSPS) is 21.7. The minimum absolute atomic E-state index is 0.109. The summed E-state index contributed by atoms with van der Waals surface area (Å²) < 4.78 is 0. The van der Waals surface area contributed by atoms with Crippen molar-refractivity contribution in [3.8, 4) is 0 Å². The summed E-state index contributed by atoms with van der Waals surface area (Å²) in [7, 11) is 0. The van der Waals surface area contributed by atoms with Gasteiger partial charge >= 0.3 is 6.03 Å². The maximum Gasteiger partial charge on any atom is 0.319 e. The van der Waals surface area contributed by atoms with Crippen LogP contribution in [-0.4, -0.2) is 73.7 Å². The zero-order valence-corrected chi connectivity index (χ0v) is 18.0. The van der Waals surface area contributed by atoms with Crippen molar-refractivity contribution in [1.29, 1.82) is 0 Å². The van der Waals surface area contributed by atoms with Crippen molar-refractivity contribution < 1.29 is 4.79 Å². The van der Waals surface area contributed by atoms with Crippen LogP contribution in [0.5, 0.6) is 0 Å². The molecule has 3 rings (SSSR count). The number of benzene rings is 1. The summed E-state index contributed by atoms with van der Waals surface area (Å²) >= 11 is 0. The molecule has 1 atom stereocenters. The number of likely N-dealkylation sites (tertiary alicyclic amines) is 1. The molecule has 156 valence electrons. The van der Waals surface area contributed by atoms with Gasteiger partial charge in [0.25, 0.3) is 0 Å². The molecule has 2 saturated heterocycles. The second-order valence-electron chi connectivity index (χ2n) is 9.08. The first-order valence-electron chi connectivity index (χ1n) is 10.7. The minimum Gasteiger partial charge on any atom is -0.369 e. The van der Waals surface area contributed by atoms with Crippen molar-refractivity contribution in [2.75, 3.05) is 62.6 Å². The molecule has 1 aromatic carbocycles. The zero-order chi connectivity index (χ0) is 20.1. The van der Waals surface area contributed by atoms with Crippen molar-refractivity contribution in [2.24, 2.45) is 5.92 Å². The SMILES string of the molecule is CCN1CCN(c2cccc(NC(=O)NCC3CCN(C(C)(C)C)C3)c2)CC1. The minimum atomic E-state index is -0.109. The Balaban J connectivity index is 1.46. The number of hydrogen-bond donors (Lipinski definition) is 2. The molecule has 28 heavy (non-hydrogen) atoms. The maximum atomic E-state index is 12.4. The summed E-state index contributed by atoms with van der Waals surface area (Å²) in [6.07, 6.45) is 1.15. The number of hydrogen-bond acceptors (Lipinski definition) is 4. The molecule has 1 unspecified atom stereocenters. The first-order valence-corrected chi connectivity index (χ1v) is 10.7. The van der Waals surface area contributed by atoms with Crippen LogP contribution in [0.4, 0.5) is 16.2 Å². The van der Waals surface area contributed by atoms with Crippen molar-refractivity contribution in [2.45, 2.75) is 39.7 Å². The van der Waals surface area contributed by atoms with E-state index in [0.717, 1.165) is 64.5 Å². The van der Waals surface area contributed by atoms with Gasteiger partial charge in [-0.1, -0.05) is 13.0 Å². The van der Waals surface area contributed by atoms with Gasteiger partial charge in [-0.3, -0.25) is 4.90 Å². The third-order valence-corrected chi connectivity index (χ3v) is 6.07. The number of nitrogens with zero attached hydrogens (tertiary/aromatic N) is 3. The predicted molar refractivity (Wildman–Crippen MR) is 117 cm³/mol. The van der Waals surface area contributed by atoms with Gasteiger partial charge in [0.05, 0.1) is 0 Å². The average molecular weight is 388 g/mol. The standard InChI is InChI=1S/C22H37N5O/c1-5-25-11-13-26(14-12-25)20-8-6-7-19(15-20)24-21(28)23-16-18-9-10-27(17-18)22(2,3)4/h6-8,15,18H,5,9-14,16-17H2,1-4H3,(H2,23,24,28). The van der Waals surface area contributed by atoms with Crippen molar-refractivity contribution >= 4 is 17.4 Å². The van der Waals surface area contributed by atoms with E-state index in [2.05, 4.69) is 65.2 Å². The largest absolute Gasteiger partial charge is 0.369 e. The fourth-order valence-electron chi connectivity index (χ4n) is 4.12. The van der Waals surface area contributed by atoms with Gasteiger partial charge < -0.3 is 20.4 Å². The zero-order valence-electron chi connectivity index (χ0n) is 18.0. The van der Waals surface area contributed by atoms with Crippen LogP contribution in [0.25, 0.3) is 0 Å². The van der Waals surface area contributed by atoms with E-state index in [9.17, 15) is 4.79 Å². The second-order valence-corrected chi connectivity index (χ2v) is 9.08. The van der Waals surface area contributed by atoms with Gasteiger partial charge in [0, 0.05) is 56.2 Å². The van der Waals surface area contributed by atoms with E-state index >= 15 is 0 Å². The van der Waals surface area contributed by atoms with Crippen LogP contribution in [0, 0.1) is 5.92 Å². The Bertz CT molecular complexity index is 649. The van der Waals surface area contributed by atoms with E-state index in [1.165, 1.54) is 5.69 Å². The number of carbonyl (C=O) groups excluding carboxylic acids is 1. The van der Waals surface area contributed by atoms with Crippen LogP contribution in [0.3, 0.4) is 0 Å². The van der Waals surface area contributed by atoms with E-state index in [0.29, 0.717) is 5.92 Å². The number of amides is 2. The van der Waals surface area contributed by atoms with Gasteiger partial charge in [-0.2, -0.15) is 0 Å². The molecule has 6 heteroatoms. The highest BCUT2D eigenvalue weighted by molar-refractivity contribution is 5.89. The Kier molecular flexibility index (Phi) is 6.83. The van der Waals surface area contributed by atoms with Gasteiger partial charge in [0.1, 0.15) is 0 Å². The number of piperazine rings is 1. The third kappa shape index (κ3) is 5.61. The van der Waals surface area contributed by atoms with Gasteiger partial charge in [0.15, 0.2) is 0 Å². The fourth-order valence-corrected chi connectivity index (χ4v) is 4.12. The van der Waals surface area contributed by atoms with Gasteiger partial charge in [-0.05, 0) is 64.4 Å². The average Bonchev–Trinajstić information content (AvgIpc) is 3.16. The molecule has 2 N–H and O–H groups in total. The molecule has 2 aliphatic heterocycles. The smallest absolute Gasteiger partial charge is 0.319 e. The molecular formula is C22H37N5O. The lowest BCUT2D eigenvalue weighted by Gasteiger charge is -2.35. The van der Waals surface area contributed by atoms with Crippen LogP contribution in [0.15, 0.2) is 24.3 Å². The van der Waals surface area contributed by atoms with Crippen molar-refractivity contribution in [3.05, 3.63) is 24.3 Å². The van der Waals surface area contributed by atoms with Crippen LogP contribution in [0.2, 0.25) is 0 Å². The maximum absolute atomic E-state index is 12.4. The molecule has 1 aromatic rings. The highest BCUT2D eigenvalue weighted by atomic mass is 16.2. The van der Waals surface area contributed by atoms with Gasteiger partial charge in [0.2, 0.25) is 0 Å². The quantitative estimate of drug-likeness (QED) is 0.815. The molecule has 2 aliphatic rings. The van der Waals surface area contributed by atoms with Crippen molar-refractivity contribution in [1.82, 2.24) is 15.1 Å². The lowest BCUT2D eigenvalue weighted by atomic mass is 10.1. The van der Waals surface area contributed by atoms with Crippen LogP contribution in [0.1, 0.15) is 34.1 Å². The highest BCUT2D eigenvalue weighted by Gasteiger charge is 2.30. The summed E-state index contributed by atoms with van der Waals surface area (Å²) in [5.41, 5.74) is 2.25. The number of nitrogens with one attached hydrogen (secondary N) is 2. The molecule has 0 bridgehead atoms. The molecule has 0 aromatic heterocycles. The third-order valence-electron chi connectivity index (χ3n) is 6.07. The predicted octanol–water partition coefficient (Wildman–Crippen LogP) is 3.07. The molecule has 2 fully saturated rings. The number of carbonyl (C=O) groups is 1. The number of anilines is 2. The molecule has 0 aliphatic carbocycles. The number of likely N-dealkylation sites (N-methyl/N-ethyl adjacent to an activating group) is 1. The molecule has 0 spiro atoms. The number of urea groups is 1. The molecule has 6 nitrogen and oxygen atoms in total. The van der Waals surface area contributed by atoms with E-state index in [1.54, 1.807) is 0 Å². The Hall–Kier alpha value is -1.79. The monoisotopic (exact) mass is 387 g/mol. The Morgan fingerprint density at radius 2 is 1.89 bits per heavy atom. The first-order chi connectivity index (χ1) is 13.3.